The molecule has 1 aromatic rings. The van der Waals surface area contributed by atoms with Gasteiger partial charge in [0.15, 0.2) is 5.78 Å². The summed E-state index contributed by atoms with van der Waals surface area (Å²) in [7, 11) is 0. The maximum absolute atomic E-state index is 12.8. The molecule has 0 spiro atoms. The van der Waals surface area contributed by atoms with Crippen LogP contribution < -0.4 is 5.32 Å². The lowest BCUT2D eigenvalue weighted by atomic mass is 9.75. The van der Waals surface area contributed by atoms with Crippen LogP contribution in [0.1, 0.15) is 43.4 Å². The van der Waals surface area contributed by atoms with E-state index in [9.17, 15) is 4.79 Å². The van der Waals surface area contributed by atoms with Crippen molar-refractivity contribution in [2.45, 2.75) is 31.1 Å². The molecule has 16 heavy (non-hydrogen) atoms. The Morgan fingerprint density at radius 1 is 1.50 bits per heavy atom. The molecule has 1 saturated carbocycles. The molecular formula is C13H16ClNO. The minimum absolute atomic E-state index is 0.130. The molecule has 0 heterocycles. The topological polar surface area (TPSA) is 29.1 Å². The van der Waals surface area contributed by atoms with E-state index in [-0.39, 0.29) is 10.6 Å². The third-order valence-corrected chi connectivity index (χ3v) is 2.80. The third kappa shape index (κ3) is 1.76. The van der Waals surface area contributed by atoms with Gasteiger partial charge in [-0.3, -0.25) is 4.79 Å². The summed E-state index contributed by atoms with van der Waals surface area (Å²) in [6.07, 6.45) is -10.3. The van der Waals surface area contributed by atoms with Crippen LogP contribution in [0.25, 0.3) is 0 Å². The van der Waals surface area contributed by atoms with Crippen molar-refractivity contribution in [1.29, 1.82) is 0 Å². The average Bonchev–Trinajstić information content (AvgIpc) is 2.42. The van der Waals surface area contributed by atoms with Gasteiger partial charge in [-0.2, -0.15) is 0 Å². The second kappa shape index (κ2) is 4.56. The van der Waals surface area contributed by atoms with Gasteiger partial charge in [-0.25, -0.2) is 0 Å². The van der Waals surface area contributed by atoms with Crippen molar-refractivity contribution in [1.82, 2.24) is 5.32 Å². The summed E-state index contributed by atoms with van der Waals surface area (Å²) in [5, 5.41) is 1.82. The van der Waals surface area contributed by atoms with Gasteiger partial charge in [-0.15, -0.1) is 0 Å². The number of ketones is 1. The van der Waals surface area contributed by atoms with E-state index in [1.165, 1.54) is 24.3 Å². The highest BCUT2D eigenvalue weighted by molar-refractivity contribution is 6.31. The molecule has 86 valence electrons. The maximum Gasteiger partial charge on any atom is 0.157 e. The monoisotopic (exact) mass is 246 g/mol. The van der Waals surface area contributed by atoms with Crippen molar-refractivity contribution in [2.75, 3.05) is 6.98 Å². The fourth-order valence-electron chi connectivity index (χ4n) is 1.62. The molecule has 3 heteroatoms. The van der Waals surface area contributed by atoms with Gasteiger partial charge in [0, 0.05) is 23.8 Å². The van der Waals surface area contributed by atoms with E-state index in [1.54, 1.807) is 0 Å². The van der Waals surface area contributed by atoms with Crippen molar-refractivity contribution in [3.05, 3.63) is 34.9 Å². The van der Waals surface area contributed by atoms with Crippen molar-refractivity contribution >= 4 is 17.4 Å². The van der Waals surface area contributed by atoms with Gasteiger partial charge >= 0.3 is 0 Å². The Kier molecular flexibility index (Phi) is 1.36. The molecule has 0 radical (unpaired) electrons. The van der Waals surface area contributed by atoms with E-state index >= 15 is 0 Å². The van der Waals surface area contributed by atoms with E-state index in [0.717, 1.165) is 0 Å². The van der Waals surface area contributed by atoms with Crippen LogP contribution in [0.4, 0.5) is 0 Å². The summed E-state index contributed by atoms with van der Waals surface area (Å²) >= 11 is 6.07. The smallest absolute Gasteiger partial charge is 0.157 e. The predicted molar refractivity (Wildman–Crippen MR) is 65.7 cm³/mol. The van der Waals surface area contributed by atoms with Crippen LogP contribution in [0.15, 0.2) is 24.3 Å². The number of carbonyl (C=O) groups excluding carboxylic acids is 1. The first-order valence-electron chi connectivity index (χ1n) is 9.18. The molecule has 1 aliphatic rings. The van der Waals surface area contributed by atoms with Gasteiger partial charge in [0.2, 0.25) is 0 Å². The van der Waals surface area contributed by atoms with E-state index in [1.807, 2.05) is 5.32 Å². The molecule has 0 aliphatic heterocycles. The number of Topliss-reactive ketones (excluding diaryl/α,β-unsaturated/α-hetero) is 1. The summed E-state index contributed by atoms with van der Waals surface area (Å²) < 4.78 is 70.5. The maximum atomic E-state index is 12.8. The molecule has 1 N–H and O–H groups in total. The van der Waals surface area contributed by atoms with Crippen molar-refractivity contribution in [2.24, 2.45) is 0 Å². The van der Waals surface area contributed by atoms with Gasteiger partial charge in [0.05, 0.1) is 0 Å². The number of halogens is 1. The molecule has 2 rings (SSSR count). The molecule has 0 aromatic heterocycles. The standard InChI is InChI=1S/C13H16ClNO/c1-15-13(9-5-4-8-12(13)16)10-6-2-3-7-11(10)14/h2-3,6-7,15H,4-5,8-9H2,1H3/i1D3,4D2,5D2,9D2. The fourth-order valence-corrected chi connectivity index (χ4v) is 1.89. The molecule has 0 saturated heterocycles. The van der Waals surface area contributed by atoms with Crippen LogP contribution in [0.3, 0.4) is 0 Å². The third-order valence-electron chi connectivity index (χ3n) is 2.47. The van der Waals surface area contributed by atoms with Crippen LogP contribution in [0, 0.1) is 0 Å². The lowest BCUT2D eigenvalue weighted by molar-refractivity contribution is -0.127. The van der Waals surface area contributed by atoms with Gasteiger partial charge in [0.25, 0.3) is 0 Å². The Bertz CT molecular complexity index is 703. The first kappa shape index (κ1) is 4.79. The number of carbonyl (C=O) groups is 1. The largest absolute Gasteiger partial charge is 0.304 e. The van der Waals surface area contributed by atoms with Crippen molar-refractivity contribution < 1.29 is 17.1 Å². The van der Waals surface area contributed by atoms with Gasteiger partial charge in [0.1, 0.15) is 5.54 Å². The Labute approximate surface area is 114 Å². The fraction of sp³-hybridized carbons (Fsp3) is 0.462. The molecule has 2 nitrogen and oxygen atoms in total. The number of benzene rings is 1. The Morgan fingerprint density at radius 2 is 2.31 bits per heavy atom. The summed E-state index contributed by atoms with van der Waals surface area (Å²) in [5.74, 6) is -1.12. The van der Waals surface area contributed by atoms with Crippen LogP contribution >= 0.6 is 11.6 Å². The van der Waals surface area contributed by atoms with E-state index in [4.69, 9.17) is 23.9 Å². The Morgan fingerprint density at radius 3 is 3.06 bits per heavy atom. The molecule has 0 amide bonds. The number of rotatable bonds is 2. The summed E-state index contributed by atoms with van der Waals surface area (Å²) in [5.41, 5.74) is -2.92. The van der Waals surface area contributed by atoms with E-state index in [0.29, 0.717) is 0 Å². The molecule has 1 unspecified atom stereocenters. The normalized spacial score (nSPS) is 44.3. The predicted octanol–water partition coefficient (Wildman–Crippen LogP) is 2.90. The first-order chi connectivity index (χ1) is 11.1. The summed E-state index contributed by atoms with van der Waals surface area (Å²) in [4.78, 5) is 12.8. The molecule has 1 fully saturated rings. The zero-order valence-corrected chi connectivity index (χ0v) is 9.06. The number of hydrogen-bond donors (Lipinski definition) is 1. The van der Waals surface area contributed by atoms with Gasteiger partial charge in [-0.05, 0) is 31.4 Å². The summed E-state index contributed by atoms with van der Waals surface area (Å²) in [6, 6.07) is 5.45. The minimum atomic E-state index is -3.25. The van der Waals surface area contributed by atoms with Crippen LogP contribution in [0.5, 0.6) is 0 Å². The highest BCUT2D eigenvalue weighted by Crippen LogP contribution is 2.37. The van der Waals surface area contributed by atoms with Crippen LogP contribution in [-0.4, -0.2) is 12.8 Å². The Hall–Kier alpha value is -0.860. The lowest BCUT2D eigenvalue weighted by Crippen LogP contribution is -2.49. The van der Waals surface area contributed by atoms with E-state index in [2.05, 4.69) is 0 Å². The quantitative estimate of drug-likeness (QED) is 0.870. The second-order valence-electron chi connectivity index (χ2n) is 3.38. The molecule has 1 aliphatic carbocycles. The van der Waals surface area contributed by atoms with Crippen LogP contribution in [-0.2, 0) is 10.3 Å². The Balaban J connectivity index is 2.87. The number of likely N-dealkylation sites (N-methyl/N-ethyl adjacent to an activating group) is 1. The average molecular weight is 247 g/mol. The lowest BCUT2D eigenvalue weighted by Gasteiger charge is -2.36. The van der Waals surface area contributed by atoms with Gasteiger partial charge < -0.3 is 5.32 Å². The molecule has 1 atom stereocenters. The highest BCUT2D eigenvalue weighted by Gasteiger charge is 2.40. The molecule has 0 bridgehead atoms. The van der Waals surface area contributed by atoms with E-state index < -0.39 is 43.8 Å². The van der Waals surface area contributed by atoms with Gasteiger partial charge in [-0.1, -0.05) is 36.2 Å². The zero-order valence-electron chi connectivity index (χ0n) is 17.3. The second-order valence-corrected chi connectivity index (χ2v) is 3.79. The minimum Gasteiger partial charge on any atom is -0.304 e. The highest BCUT2D eigenvalue weighted by atomic mass is 35.5. The van der Waals surface area contributed by atoms with Crippen LogP contribution in [0.2, 0.25) is 5.02 Å². The zero-order chi connectivity index (χ0) is 19.5. The first-order valence-corrected chi connectivity index (χ1v) is 5.06. The number of nitrogens with one attached hydrogen (secondary N) is 1. The molecular weight excluding hydrogens is 222 g/mol. The molecule has 1 aromatic carbocycles. The SMILES string of the molecule is [2H]C([2H])([2H])NC1(c2ccccc2Cl)C(=O)CC([2H])([2H])C([2H])([2H])C1([2H])[2H]. The number of hydrogen-bond acceptors (Lipinski definition) is 2. The van der Waals surface area contributed by atoms with Crippen molar-refractivity contribution in [3.63, 3.8) is 0 Å². The summed E-state index contributed by atoms with van der Waals surface area (Å²) in [6.45, 7) is -3.01. The van der Waals surface area contributed by atoms with Crippen molar-refractivity contribution in [3.8, 4) is 0 Å².